The second-order valence-electron chi connectivity index (χ2n) is 5.43. The Kier molecular flexibility index (Phi) is 4.39. The number of rotatable bonds is 4. The lowest BCUT2D eigenvalue weighted by Crippen LogP contribution is -2.43. The van der Waals surface area contributed by atoms with Crippen LogP contribution in [0.4, 0.5) is 5.95 Å². The van der Waals surface area contributed by atoms with Crippen molar-refractivity contribution in [3.05, 3.63) is 51.8 Å². The van der Waals surface area contributed by atoms with E-state index in [4.69, 9.17) is 29.0 Å². The van der Waals surface area contributed by atoms with Crippen LogP contribution in [0.3, 0.4) is 0 Å². The molecule has 0 unspecified atom stereocenters. The lowest BCUT2D eigenvalue weighted by Gasteiger charge is -2.43. The molecular weight excluding hydrogens is 337 g/mol. The number of benzene rings is 1. The Morgan fingerprint density at radius 1 is 1.22 bits per heavy atom. The zero-order chi connectivity index (χ0) is 16.4. The van der Waals surface area contributed by atoms with Crippen LogP contribution in [0.5, 0.6) is 0 Å². The highest BCUT2D eigenvalue weighted by molar-refractivity contribution is 6.42. The van der Waals surface area contributed by atoms with E-state index in [0.29, 0.717) is 21.6 Å². The maximum atomic E-state index is 11.4. The third kappa shape index (κ3) is 2.97. The SMILES string of the molecule is NNC(=O)c1cnc(NC2(c3cccc(Cl)c3Cl)CCC2)nc1. The number of aromatic nitrogens is 2. The number of hydrogen-bond acceptors (Lipinski definition) is 5. The van der Waals surface area contributed by atoms with Gasteiger partial charge in [-0.25, -0.2) is 15.8 Å². The number of carbonyl (C=O) groups excluding carboxylic acids is 1. The second kappa shape index (κ2) is 6.31. The number of carbonyl (C=O) groups is 1. The van der Waals surface area contributed by atoms with E-state index in [1.807, 2.05) is 17.6 Å². The second-order valence-corrected chi connectivity index (χ2v) is 6.22. The lowest BCUT2D eigenvalue weighted by atomic mass is 9.72. The van der Waals surface area contributed by atoms with Crippen LogP contribution in [0, 0.1) is 0 Å². The Morgan fingerprint density at radius 2 is 1.91 bits per heavy atom. The van der Waals surface area contributed by atoms with Crippen LogP contribution in [0.25, 0.3) is 0 Å². The number of nitrogens with two attached hydrogens (primary N) is 1. The third-order valence-corrected chi connectivity index (χ3v) is 4.89. The van der Waals surface area contributed by atoms with Crippen LogP contribution < -0.4 is 16.6 Å². The number of halogens is 2. The molecule has 0 spiro atoms. The summed E-state index contributed by atoms with van der Waals surface area (Å²) in [5.74, 6) is 5.07. The monoisotopic (exact) mass is 351 g/mol. The van der Waals surface area contributed by atoms with E-state index < -0.39 is 5.91 Å². The third-order valence-electron chi connectivity index (χ3n) is 4.07. The van der Waals surface area contributed by atoms with Gasteiger partial charge in [0, 0.05) is 12.4 Å². The summed E-state index contributed by atoms with van der Waals surface area (Å²) < 4.78 is 0. The van der Waals surface area contributed by atoms with Gasteiger partial charge in [0.2, 0.25) is 5.95 Å². The summed E-state index contributed by atoms with van der Waals surface area (Å²) >= 11 is 12.5. The zero-order valence-corrected chi connectivity index (χ0v) is 13.7. The van der Waals surface area contributed by atoms with Gasteiger partial charge in [0.1, 0.15) is 0 Å². The van der Waals surface area contributed by atoms with Crippen LogP contribution in [0.1, 0.15) is 35.2 Å². The van der Waals surface area contributed by atoms with E-state index in [1.54, 1.807) is 6.07 Å². The Bertz CT molecular complexity index is 731. The first-order chi connectivity index (χ1) is 11.1. The fraction of sp³-hybridized carbons (Fsp3) is 0.267. The molecule has 1 aliphatic carbocycles. The van der Waals surface area contributed by atoms with Crippen LogP contribution >= 0.6 is 23.2 Å². The Morgan fingerprint density at radius 3 is 2.48 bits per heavy atom. The van der Waals surface area contributed by atoms with E-state index in [0.717, 1.165) is 24.8 Å². The molecule has 3 rings (SSSR count). The molecule has 1 aromatic carbocycles. The molecule has 1 amide bonds. The van der Waals surface area contributed by atoms with Gasteiger partial charge in [-0.2, -0.15) is 0 Å². The zero-order valence-electron chi connectivity index (χ0n) is 12.1. The quantitative estimate of drug-likeness (QED) is 0.447. The Balaban J connectivity index is 1.87. The molecule has 1 aliphatic rings. The highest BCUT2D eigenvalue weighted by atomic mass is 35.5. The average molecular weight is 352 g/mol. The van der Waals surface area contributed by atoms with Crippen molar-refractivity contribution in [1.29, 1.82) is 0 Å². The number of anilines is 1. The number of nitrogen functional groups attached to an aromatic ring is 1. The molecule has 1 fully saturated rings. The fourth-order valence-corrected chi connectivity index (χ4v) is 3.15. The summed E-state index contributed by atoms with van der Waals surface area (Å²) in [6.45, 7) is 0. The standard InChI is InChI=1S/C15H15Cl2N5O/c16-11-4-1-3-10(12(11)17)15(5-2-6-15)21-14-19-7-9(8-20-14)13(23)22-18/h1,3-4,7-8H,2,5-6,18H2,(H,22,23)(H,19,20,21). The molecule has 8 heteroatoms. The van der Waals surface area contributed by atoms with Crippen molar-refractivity contribution >= 4 is 35.1 Å². The molecule has 1 aromatic heterocycles. The maximum absolute atomic E-state index is 11.4. The maximum Gasteiger partial charge on any atom is 0.268 e. The molecule has 1 heterocycles. The van der Waals surface area contributed by atoms with Gasteiger partial charge in [0.05, 0.1) is 21.1 Å². The number of nitrogens with zero attached hydrogens (tertiary/aromatic N) is 2. The molecule has 4 N–H and O–H groups in total. The van der Waals surface area contributed by atoms with Crippen molar-refractivity contribution in [2.75, 3.05) is 5.32 Å². The molecule has 23 heavy (non-hydrogen) atoms. The molecule has 0 atom stereocenters. The van der Waals surface area contributed by atoms with Gasteiger partial charge in [0.25, 0.3) is 5.91 Å². The summed E-state index contributed by atoms with van der Waals surface area (Å²) in [5, 5.41) is 4.40. The van der Waals surface area contributed by atoms with Crippen LogP contribution in [-0.2, 0) is 5.54 Å². The Labute approximate surface area is 143 Å². The van der Waals surface area contributed by atoms with Crippen molar-refractivity contribution in [2.24, 2.45) is 5.84 Å². The number of hydrazine groups is 1. The van der Waals surface area contributed by atoms with Gasteiger partial charge >= 0.3 is 0 Å². The largest absolute Gasteiger partial charge is 0.345 e. The number of amides is 1. The minimum absolute atomic E-state index is 0.293. The fourth-order valence-electron chi connectivity index (χ4n) is 2.67. The molecule has 6 nitrogen and oxygen atoms in total. The van der Waals surface area contributed by atoms with Crippen LogP contribution in [-0.4, -0.2) is 15.9 Å². The molecule has 0 radical (unpaired) electrons. The van der Waals surface area contributed by atoms with E-state index in [-0.39, 0.29) is 5.54 Å². The van der Waals surface area contributed by atoms with Gasteiger partial charge in [0.15, 0.2) is 0 Å². The van der Waals surface area contributed by atoms with Crippen molar-refractivity contribution in [3.8, 4) is 0 Å². The molecule has 0 bridgehead atoms. The van der Waals surface area contributed by atoms with Gasteiger partial charge in [-0.05, 0) is 30.9 Å². The first-order valence-corrected chi connectivity index (χ1v) is 7.87. The summed E-state index contributed by atoms with van der Waals surface area (Å²) in [6.07, 6.45) is 5.72. The van der Waals surface area contributed by atoms with E-state index >= 15 is 0 Å². The first kappa shape index (κ1) is 16.0. The van der Waals surface area contributed by atoms with Gasteiger partial charge < -0.3 is 5.32 Å². The number of hydrogen-bond donors (Lipinski definition) is 3. The molecular formula is C15H15Cl2N5O. The smallest absolute Gasteiger partial charge is 0.268 e. The van der Waals surface area contributed by atoms with Crippen molar-refractivity contribution in [2.45, 2.75) is 24.8 Å². The van der Waals surface area contributed by atoms with Crippen molar-refractivity contribution in [1.82, 2.24) is 15.4 Å². The van der Waals surface area contributed by atoms with Gasteiger partial charge in [-0.15, -0.1) is 0 Å². The van der Waals surface area contributed by atoms with Crippen molar-refractivity contribution in [3.63, 3.8) is 0 Å². The minimum atomic E-state index is -0.437. The number of nitrogens with one attached hydrogen (secondary N) is 2. The van der Waals surface area contributed by atoms with Gasteiger partial charge in [-0.3, -0.25) is 10.2 Å². The Hall–Kier alpha value is -1.89. The summed E-state index contributed by atoms with van der Waals surface area (Å²) in [5.41, 5.74) is 2.93. The summed E-state index contributed by atoms with van der Waals surface area (Å²) in [4.78, 5) is 19.8. The van der Waals surface area contributed by atoms with E-state index in [9.17, 15) is 4.79 Å². The molecule has 0 aliphatic heterocycles. The predicted molar refractivity (Wildman–Crippen MR) is 89.3 cm³/mol. The lowest BCUT2D eigenvalue weighted by molar-refractivity contribution is 0.0953. The van der Waals surface area contributed by atoms with E-state index in [1.165, 1.54) is 12.4 Å². The molecule has 120 valence electrons. The van der Waals surface area contributed by atoms with Crippen molar-refractivity contribution < 1.29 is 4.79 Å². The predicted octanol–water partition coefficient (Wildman–Crippen LogP) is 2.88. The van der Waals surface area contributed by atoms with Gasteiger partial charge in [-0.1, -0.05) is 35.3 Å². The molecule has 1 saturated carbocycles. The summed E-state index contributed by atoms with van der Waals surface area (Å²) in [7, 11) is 0. The van der Waals surface area contributed by atoms with E-state index in [2.05, 4.69) is 15.3 Å². The average Bonchev–Trinajstić information content (AvgIpc) is 2.54. The highest BCUT2D eigenvalue weighted by Gasteiger charge is 2.41. The van der Waals surface area contributed by atoms with Crippen LogP contribution in [0.2, 0.25) is 10.0 Å². The minimum Gasteiger partial charge on any atom is -0.345 e. The molecule has 0 saturated heterocycles. The first-order valence-electron chi connectivity index (χ1n) is 7.11. The topological polar surface area (TPSA) is 92.9 Å². The normalized spacial score (nSPS) is 15.6. The van der Waals surface area contributed by atoms with Crippen LogP contribution in [0.15, 0.2) is 30.6 Å². The molecule has 2 aromatic rings. The highest BCUT2D eigenvalue weighted by Crippen LogP contribution is 2.47. The summed E-state index contributed by atoms with van der Waals surface area (Å²) in [6, 6.07) is 5.59.